The van der Waals surface area contributed by atoms with Crippen molar-refractivity contribution in [3.05, 3.63) is 41.1 Å². The Morgan fingerprint density at radius 1 is 1.48 bits per heavy atom. The van der Waals surface area contributed by atoms with Crippen molar-refractivity contribution in [3.63, 3.8) is 0 Å². The van der Waals surface area contributed by atoms with E-state index in [9.17, 15) is 4.79 Å². The van der Waals surface area contributed by atoms with E-state index in [-0.39, 0.29) is 11.9 Å². The fourth-order valence-corrected chi connectivity index (χ4v) is 3.91. The molecule has 0 unspecified atom stereocenters. The number of benzene rings is 1. The molecule has 0 fully saturated rings. The van der Waals surface area contributed by atoms with Gasteiger partial charge in [0.25, 0.3) is 0 Å². The van der Waals surface area contributed by atoms with E-state index in [1.54, 1.807) is 11.8 Å². The predicted molar refractivity (Wildman–Crippen MR) is 92.6 cm³/mol. The lowest BCUT2D eigenvalue weighted by Gasteiger charge is -2.45. The van der Waals surface area contributed by atoms with Crippen molar-refractivity contribution in [3.8, 4) is 5.75 Å². The Hall–Kier alpha value is -1.62. The summed E-state index contributed by atoms with van der Waals surface area (Å²) in [6.45, 7) is 6.51. The summed E-state index contributed by atoms with van der Waals surface area (Å²) in [4.78, 5) is 12.6. The van der Waals surface area contributed by atoms with Crippen LogP contribution in [0.5, 0.6) is 5.75 Å². The van der Waals surface area contributed by atoms with Crippen molar-refractivity contribution >= 4 is 17.7 Å². The molecule has 2 aliphatic rings. The number of fused-ring (bicyclic) bond motifs is 4. The highest BCUT2D eigenvalue weighted by molar-refractivity contribution is 7.99. The summed E-state index contributed by atoms with van der Waals surface area (Å²) in [5.74, 6) is 2.53. The molecule has 1 N–H and O–H groups in total. The molecule has 1 aromatic carbocycles. The van der Waals surface area contributed by atoms with Crippen molar-refractivity contribution in [1.29, 1.82) is 0 Å². The number of rotatable bonds is 5. The quantitative estimate of drug-likeness (QED) is 0.661. The van der Waals surface area contributed by atoms with Crippen LogP contribution in [0.2, 0.25) is 0 Å². The number of hydrogen-bond donors (Lipinski definition) is 1. The molecule has 0 aliphatic carbocycles. The maximum absolute atomic E-state index is 12.6. The summed E-state index contributed by atoms with van der Waals surface area (Å²) in [6, 6.07) is 7.95. The molecule has 0 saturated carbocycles. The fraction of sp³-hybridized carbons (Fsp3) is 0.500. The maximum atomic E-state index is 12.6. The van der Waals surface area contributed by atoms with Gasteiger partial charge in [0.2, 0.25) is 0 Å². The zero-order valence-corrected chi connectivity index (χ0v) is 14.7. The number of hydrogen-bond acceptors (Lipinski definition) is 5. The molecule has 124 valence electrons. The van der Waals surface area contributed by atoms with Crippen LogP contribution in [0.3, 0.4) is 0 Å². The second-order valence-electron chi connectivity index (χ2n) is 6.12. The van der Waals surface area contributed by atoms with Crippen molar-refractivity contribution in [2.24, 2.45) is 0 Å². The Bertz CT molecular complexity index is 643. The summed E-state index contributed by atoms with van der Waals surface area (Å²) in [5.41, 5.74) is 2.19. The molecule has 2 bridgehead atoms. The average Bonchev–Trinajstić information content (AvgIpc) is 2.50. The summed E-state index contributed by atoms with van der Waals surface area (Å²) >= 11 is 1.77. The minimum atomic E-state index is -0.467. The molecule has 5 heteroatoms. The van der Waals surface area contributed by atoms with E-state index >= 15 is 0 Å². The van der Waals surface area contributed by atoms with Gasteiger partial charge < -0.3 is 14.8 Å². The Kier molecular flexibility index (Phi) is 4.57. The largest absolute Gasteiger partial charge is 0.468 e. The molecule has 2 atom stereocenters. The van der Waals surface area contributed by atoms with Crippen molar-refractivity contribution < 1.29 is 14.3 Å². The summed E-state index contributed by atoms with van der Waals surface area (Å²) in [5, 5.41) is 3.35. The Morgan fingerprint density at radius 2 is 2.26 bits per heavy atom. The minimum absolute atomic E-state index is 0.0255. The first kappa shape index (κ1) is 16.2. The molecule has 0 radical (unpaired) electrons. The van der Waals surface area contributed by atoms with Gasteiger partial charge in [-0.1, -0.05) is 25.1 Å². The van der Waals surface area contributed by atoms with Gasteiger partial charge in [0.15, 0.2) is 5.72 Å². The van der Waals surface area contributed by atoms with Gasteiger partial charge in [-0.15, -0.1) is 0 Å². The lowest BCUT2D eigenvalue weighted by molar-refractivity contribution is -0.139. The highest BCUT2D eigenvalue weighted by atomic mass is 32.2. The number of para-hydroxylation sites is 1. The van der Waals surface area contributed by atoms with Crippen LogP contribution in [0, 0.1) is 0 Å². The van der Waals surface area contributed by atoms with E-state index in [2.05, 4.69) is 12.2 Å². The van der Waals surface area contributed by atoms with Gasteiger partial charge in [-0.05, 0) is 25.7 Å². The van der Waals surface area contributed by atoms with Gasteiger partial charge in [0.05, 0.1) is 5.57 Å². The van der Waals surface area contributed by atoms with Crippen LogP contribution in [-0.2, 0) is 9.53 Å². The number of nitrogens with one attached hydrogen (secondary N) is 1. The van der Waals surface area contributed by atoms with Crippen molar-refractivity contribution in [2.45, 2.75) is 38.8 Å². The predicted octanol–water partition coefficient (Wildman–Crippen LogP) is 3.44. The van der Waals surface area contributed by atoms with Gasteiger partial charge in [0, 0.05) is 29.4 Å². The number of thioether (sulfide) groups is 1. The normalized spacial score (nSPS) is 25.3. The molecule has 1 aromatic rings. The first-order valence-corrected chi connectivity index (χ1v) is 9.21. The lowest BCUT2D eigenvalue weighted by atomic mass is 9.78. The molecule has 2 aliphatic heterocycles. The third kappa shape index (κ3) is 3.20. The lowest BCUT2D eigenvalue weighted by Crippen LogP contribution is -2.54. The third-order valence-electron chi connectivity index (χ3n) is 4.31. The van der Waals surface area contributed by atoms with Gasteiger partial charge >= 0.3 is 5.97 Å². The first-order chi connectivity index (χ1) is 11.0. The van der Waals surface area contributed by atoms with Gasteiger partial charge in [-0.2, -0.15) is 11.8 Å². The van der Waals surface area contributed by atoms with Crippen LogP contribution in [-0.4, -0.2) is 29.8 Å². The molecule has 23 heavy (non-hydrogen) atoms. The zero-order valence-electron chi connectivity index (χ0n) is 13.8. The number of ether oxygens (including phenoxy) is 2. The molecular formula is C18H23NO3S. The number of carbonyl (C=O) groups is 1. The first-order valence-electron chi connectivity index (χ1n) is 8.06. The van der Waals surface area contributed by atoms with Crippen LogP contribution in [0.4, 0.5) is 0 Å². The van der Waals surface area contributed by atoms with Crippen LogP contribution in [0.15, 0.2) is 35.5 Å². The van der Waals surface area contributed by atoms with Crippen LogP contribution >= 0.6 is 11.8 Å². The van der Waals surface area contributed by atoms with Crippen molar-refractivity contribution in [2.75, 3.05) is 18.1 Å². The topological polar surface area (TPSA) is 47.6 Å². The van der Waals surface area contributed by atoms with Gasteiger partial charge in [0.1, 0.15) is 12.4 Å². The number of esters is 1. The Balaban J connectivity index is 1.86. The Morgan fingerprint density at radius 3 is 3.04 bits per heavy atom. The van der Waals surface area contributed by atoms with E-state index in [4.69, 9.17) is 9.47 Å². The minimum Gasteiger partial charge on any atom is -0.468 e. The molecule has 3 rings (SSSR count). The molecule has 0 saturated heterocycles. The van der Waals surface area contributed by atoms with E-state index in [0.29, 0.717) is 6.61 Å². The molecule has 4 nitrogen and oxygen atoms in total. The van der Waals surface area contributed by atoms with E-state index in [1.165, 1.54) is 0 Å². The SMILES string of the molecule is CCSCCOC(=O)C1=C(C)N[C@]2(C)C[C@H]1c1ccccc1O2. The molecule has 0 spiro atoms. The van der Waals surface area contributed by atoms with Crippen LogP contribution in [0.25, 0.3) is 0 Å². The van der Waals surface area contributed by atoms with Gasteiger partial charge in [-0.25, -0.2) is 4.79 Å². The zero-order chi connectivity index (χ0) is 16.4. The monoisotopic (exact) mass is 333 g/mol. The smallest absolute Gasteiger partial charge is 0.336 e. The van der Waals surface area contributed by atoms with E-state index in [1.807, 2.05) is 38.1 Å². The summed E-state index contributed by atoms with van der Waals surface area (Å²) in [6.07, 6.45) is 0.732. The van der Waals surface area contributed by atoms with E-state index in [0.717, 1.165) is 40.5 Å². The van der Waals surface area contributed by atoms with Crippen LogP contribution in [0.1, 0.15) is 38.7 Å². The van der Waals surface area contributed by atoms with Crippen molar-refractivity contribution in [1.82, 2.24) is 5.32 Å². The van der Waals surface area contributed by atoms with Gasteiger partial charge in [-0.3, -0.25) is 0 Å². The maximum Gasteiger partial charge on any atom is 0.336 e. The molecule has 0 amide bonds. The van der Waals surface area contributed by atoms with Crippen LogP contribution < -0.4 is 10.1 Å². The average molecular weight is 333 g/mol. The fourth-order valence-electron chi connectivity index (χ4n) is 3.42. The molecule has 0 aromatic heterocycles. The third-order valence-corrected chi connectivity index (χ3v) is 5.18. The highest BCUT2D eigenvalue weighted by Gasteiger charge is 2.45. The summed E-state index contributed by atoms with van der Waals surface area (Å²) < 4.78 is 11.6. The second-order valence-corrected chi connectivity index (χ2v) is 7.52. The molecule has 2 heterocycles. The second kappa shape index (κ2) is 6.48. The molecular weight excluding hydrogens is 310 g/mol. The highest BCUT2D eigenvalue weighted by Crippen LogP contribution is 2.47. The standard InChI is InChI=1S/C18H23NO3S/c1-4-23-10-9-21-17(20)16-12(2)19-18(3)11-14(16)13-7-5-6-8-15(13)22-18/h5-8,14,19H,4,9-11H2,1-3H3/t14-,18-/m0/s1. The number of carbonyl (C=O) groups excluding carboxylic acids is 1. The van der Waals surface area contributed by atoms with E-state index < -0.39 is 5.72 Å². The summed E-state index contributed by atoms with van der Waals surface area (Å²) in [7, 11) is 0. The Labute approximate surface area is 141 Å². The number of allylic oxidation sites excluding steroid dienone is 1.